The topological polar surface area (TPSA) is 131 Å². The molecule has 27 heavy (non-hydrogen) atoms. The number of nitrogen functional groups attached to an aromatic ring is 1. The van der Waals surface area contributed by atoms with Gasteiger partial charge in [0.15, 0.2) is 5.16 Å². The summed E-state index contributed by atoms with van der Waals surface area (Å²) in [6, 6.07) is 10.9. The summed E-state index contributed by atoms with van der Waals surface area (Å²) >= 11 is 1.35. The fourth-order valence-corrected chi connectivity index (χ4v) is 3.11. The second kappa shape index (κ2) is 7.88. The van der Waals surface area contributed by atoms with Crippen molar-refractivity contribution in [3.63, 3.8) is 0 Å². The number of thioether (sulfide) groups is 1. The van der Waals surface area contributed by atoms with Crippen molar-refractivity contribution in [3.05, 3.63) is 47.3 Å². The number of nitrogens with zero attached hydrogens (tertiary/aromatic N) is 4. The van der Waals surface area contributed by atoms with Crippen LogP contribution in [-0.4, -0.2) is 21.0 Å². The third-order valence-corrected chi connectivity index (χ3v) is 4.41. The van der Waals surface area contributed by atoms with Crippen molar-refractivity contribution in [1.82, 2.24) is 15.1 Å². The minimum Gasteiger partial charge on any atom is -0.382 e. The van der Waals surface area contributed by atoms with Crippen LogP contribution in [-0.2, 0) is 10.5 Å². The SMILES string of the molecule is CC(=O)Nc1ccc(-c2nc(SCc3cc(C)on3)nc(N)c2C#N)cc1. The van der Waals surface area contributed by atoms with E-state index in [0.717, 1.165) is 11.5 Å². The Morgan fingerprint density at radius 2 is 2.07 bits per heavy atom. The largest absolute Gasteiger partial charge is 0.382 e. The number of carbonyl (C=O) groups excluding carboxylic acids is 1. The van der Waals surface area contributed by atoms with E-state index in [9.17, 15) is 10.1 Å². The summed E-state index contributed by atoms with van der Waals surface area (Å²) in [7, 11) is 0. The molecule has 1 aromatic carbocycles. The highest BCUT2D eigenvalue weighted by Gasteiger charge is 2.15. The number of nitrogens with one attached hydrogen (secondary N) is 1. The third-order valence-electron chi connectivity index (χ3n) is 3.53. The van der Waals surface area contributed by atoms with Crippen LogP contribution in [0.25, 0.3) is 11.3 Å². The molecule has 3 aromatic rings. The normalized spacial score (nSPS) is 10.4. The standard InChI is InChI=1S/C18H16N6O2S/c1-10-7-14(24-26-10)9-27-18-22-16(15(8-19)17(20)23-18)12-3-5-13(6-4-12)21-11(2)25/h3-7H,9H2,1-2H3,(H,21,25)(H2,20,22,23). The van der Waals surface area contributed by atoms with E-state index in [1.807, 2.05) is 13.0 Å². The molecule has 8 nitrogen and oxygen atoms in total. The molecule has 0 aliphatic heterocycles. The predicted molar refractivity (Wildman–Crippen MR) is 102 cm³/mol. The lowest BCUT2D eigenvalue weighted by Gasteiger charge is -2.09. The number of nitriles is 1. The molecule has 0 atom stereocenters. The molecule has 0 bridgehead atoms. The molecular weight excluding hydrogens is 364 g/mol. The van der Waals surface area contributed by atoms with Crippen LogP contribution in [0.1, 0.15) is 23.9 Å². The molecule has 0 aliphatic carbocycles. The molecule has 0 spiro atoms. The molecule has 0 saturated heterocycles. The van der Waals surface area contributed by atoms with Crippen LogP contribution in [0.5, 0.6) is 0 Å². The van der Waals surface area contributed by atoms with Crippen LogP contribution in [0.4, 0.5) is 11.5 Å². The molecule has 136 valence electrons. The Bertz CT molecular complexity index is 1020. The van der Waals surface area contributed by atoms with Gasteiger partial charge in [-0.3, -0.25) is 4.79 Å². The molecule has 0 unspecified atom stereocenters. The van der Waals surface area contributed by atoms with Crippen molar-refractivity contribution < 1.29 is 9.32 Å². The monoisotopic (exact) mass is 380 g/mol. The van der Waals surface area contributed by atoms with Crippen LogP contribution in [0.2, 0.25) is 0 Å². The number of anilines is 2. The second-order valence-corrected chi connectivity index (χ2v) is 6.65. The van der Waals surface area contributed by atoms with Crippen molar-refractivity contribution >= 4 is 29.2 Å². The van der Waals surface area contributed by atoms with Gasteiger partial charge < -0.3 is 15.6 Å². The van der Waals surface area contributed by atoms with Gasteiger partial charge in [-0.25, -0.2) is 9.97 Å². The van der Waals surface area contributed by atoms with Crippen LogP contribution >= 0.6 is 11.8 Å². The van der Waals surface area contributed by atoms with E-state index in [-0.39, 0.29) is 17.3 Å². The summed E-state index contributed by atoms with van der Waals surface area (Å²) < 4.78 is 5.04. The first-order valence-electron chi connectivity index (χ1n) is 7.97. The Morgan fingerprint density at radius 1 is 1.33 bits per heavy atom. The minimum atomic E-state index is -0.159. The van der Waals surface area contributed by atoms with E-state index < -0.39 is 0 Å². The lowest BCUT2D eigenvalue weighted by molar-refractivity contribution is -0.114. The van der Waals surface area contributed by atoms with Gasteiger partial charge in [0.05, 0.1) is 11.4 Å². The van der Waals surface area contributed by atoms with Gasteiger partial charge in [0.1, 0.15) is 23.2 Å². The van der Waals surface area contributed by atoms with Crippen molar-refractivity contribution in [3.8, 4) is 17.3 Å². The van der Waals surface area contributed by atoms with Gasteiger partial charge in [-0.2, -0.15) is 5.26 Å². The maximum atomic E-state index is 11.1. The molecule has 2 heterocycles. The second-order valence-electron chi connectivity index (χ2n) is 5.70. The van der Waals surface area contributed by atoms with Crippen molar-refractivity contribution in [2.45, 2.75) is 24.8 Å². The zero-order chi connectivity index (χ0) is 19.4. The lowest BCUT2D eigenvalue weighted by Crippen LogP contribution is -2.05. The molecule has 0 fully saturated rings. The molecule has 1 amide bonds. The number of aromatic nitrogens is 3. The molecule has 0 saturated carbocycles. The van der Waals surface area contributed by atoms with Crippen LogP contribution in [0.15, 0.2) is 40.0 Å². The van der Waals surface area contributed by atoms with Gasteiger partial charge >= 0.3 is 0 Å². The Hall–Kier alpha value is -3.38. The fraction of sp³-hybridized carbons (Fsp3) is 0.167. The summed E-state index contributed by atoms with van der Waals surface area (Å²) in [5.74, 6) is 1.20. The molecule has 3 rings (SSSR count). The van der Waals surface area contributed by atoms with E-state index in [0.29, 0.717) is 27.9 Å². The first kappa shape index (κ1) is 18.4. The number of hydrogen-bond acceptors (Lipinski definition) is 8. The Balaban J connectivity index is 1.90. The molecule has 0 radical (unpaired) electrons. The first-order chi connectivity index (χ1) is 13.0. The number of rotatable bonds is 5. The molecule has 0 aliphatic rings. The molecular formula is C18H16N6O2S. The quantitative estimate of drug-likeness (QED) is 0.510. The van der Waals surface area contributed by atoms with E-state index >= 15 is 0 Å². The summed E-state index contributed by atoms with van der Waals surface area (Å²) in [4.78, 5) is 19.8. The Kier molecular flexibility index (Phi) is 5.38. The van der Waals surface area contributed by atoms with Gasteiger partial charge in [-0.05, 0) is 19.1 Å². The van der Waals surface area contributed by atoms with Gasteiger partial charge in [0.25, 0.3) is 0 Å². The summed E-state index contributed by atoms with van der Waals surface area (Å²) in [6.07, 6.45) is 0. The smallest absolute Gasteiger partial charge is 0.221 e. The maximum Gasteiger partial charge on any atom is 0.221 e. The number of hydrogen-bond donors (Lipinski definition) is 2. The van der Waals surface area contributed by atoms with Gasteiger partial charge in [-0.15, -0.1) is 0 Å². The van der Waals surface area contributed by atoms with Crippen LogP contribution in [0.3, 0.4) is 0 Å². The third kappa shape index (κ3) is 4.43. The van der Waals surface area contributed by atoms with E-state index in [1.165, 1.54) is 18.7 Å². The van der Waals surface area contributed by atoms with Crippen molar-refractivity contribution in [2.75, 3.05) is 11.1 Å². The van der Waals surface area contributed by atoms with Gasteiger partial charge in [-0.1, -0.05) is 29.1 Å². The van der Waals surface area contributed by atoms with Gasteiger partial charge in [0, 0.05) is 30.0 Å². The highest BCUT2D eigenvalue weighted by molar-refractivity contribution is 7.98. The van der Waals surface area contributed by atoms with Crippen LogP contribution < -0.4 is 11.1 Å². The number of carbonyl (C=O) groups is 1. The van der Waals surface area contributed by atoms with E-state index in [2.05, 4.69) is 26.5 Å². The molecule has 2 aromatic heterocycles. The summed E-state index contributed by atoms with van der Waals surface area (Å²) in [5, 5.41) is 16.5. The van der Waals surface area contributed by atoms with E-state index in [4.69, 9.17) is 10.3 Å². The van der Waals surface area contributed by atoms with Crippen molar-refractivity contribution in [1.29, 1.82) is 5.26 Å². The average molecular weight is 380 g/mol. The average Bonchev–Trinajstić information content (AvgIpc) is 3.05. The maximum absolute atomic E-state index is 11.1. The predicted octanol–water partition coefficient (Wildman–Crippen LogP) is 3.14. The van der Waals surface area contributed by atoms with Gasteiger partial charge in [0.2, 0.25) is 5.91 Å². The highest BCUT2D eigenvalue weighted by Crippen LogP contribution is 2.29. The number of amides is 1. The Labute approximate surface area is 159 Å². The Morgan fingerprint density at radius 3 is 2.67 bits per heavy atom. The minimum absolute atomic E-state index is 0.118. The summed E-state index contributed by atoms with van der Waals surface area (Å²) in [6.45, 7) is 3.26. The fourth-order valence-electron chi connectivity index (χ4n) is 2.38. The summed E-state index contributed by atoms with van der Waals surface area (Å²) in [5.41, 5.74) is 8.74. The van der Waals surface area contributed by atoms with Crippen molar-refractivity contribution in [2.24, 2.45) is 0 Å². The number of nitrogens with two attached hydrogens (primary N) is 1. The highest BCUT2D eigenvalue weighted by atomic mass is 32.2. The number of benzene rings is 1. The zero-order valence-electron chi connectivity index (χ0n) is 14.7. The van der Waals surface area contributed by atoms with E-state index in [1.54, 1.807) is 24.3 Å². The lowest BCUT2D eigenvalue weighted by atomic mass is 10.1. The number of aryl methyl sites for hydroxylation is 1. The van der Waals surface area contributed by atoms with Crippen LogP contribution in [0, 0.1) is 18.3 Å². The first-order valence-corrected chi connectivity index (χ1v) is 8.95. The zero-order valence-corrected chi connectivity index (χ0v) is 15.5. The molecule has 9 heteroatoms. The molecule has 3 N–H and O–H groups in total.